The first-order chi connectivity index (χ1) is 15.3. The first-order valence-corrected chi connectivity index (χ1v) is 11.8. The molecule has 1 heterocycles. The lowest BCUT2D eigenvalue weighted by atomic mass is 10.0. The molecule has 0 radical (unpaired) electrons. The number of carbonyl (C=O) groups excluding carboxylic acids is 3. The van der Waals surface area contributed by atoms with Crippen molar-refractivity contribution in [3.63, 3.8) is 0 Å². The summed E-state index contributed by atoms with van der Waals surface area (Å²) in [5, 5.41) is 0.443. The summed E-state index contributed by atoms with van der Waals surface area (Å²) in [6, 6.07) is 5.35. The Morgan fingerprint density at radius 1 is 1.25 bits per heavy atom. The molecule has 0 N–H and O–H groups in total. The molecule has 1 aliphatic rings. The molecule has 0 unspecified atom stereocenters. The zero-order valence-corrected chi connectivity index (χ0v) is 20.1. The van der Waals surface area contributed by atoms with Gasteiger partial charge in [-0.05, 0) is 36.6 Å². The van der Waals surface area contributed by atoms with E-state index in [9.17, 15) is 14.4 Å². The predicted molar refractivity (Wildman–Crippen MR) is 123 cm³/mol. The number of esters is 2. The van der Waals surface area contributed by atoms with Gasteiger partial charge in [0.05, 0.1) is 18.7 Å². The van der Waals surface area contributed by atoms with Crippen LogP contribution in [0.3, 0.4) is 0 Å². The number of benzene rings is 1. The Bertz CT molecular complexity index is 1010. The lowest BCUT2D eigenvalue weighted by Crippen LogP contribution is -2.10. The van der Waals surface area contributed by atoms with Gasteiger partial charge in [0, 0.05) is 41.7 Å². The highest BCUT2D eigenvalue weighted by Gasteiger charge is 2.25. The van der Waals surface area contributed by atoms with E-state index in [1.807, 2.05) is 6.07 Å². The summed E-state index contributed by atoms with van der Waals surface area (Å²) in [5.41, 5.74) is 2.23. The Kier molecular flexibility index (Phi) is 8.32. The summed E-state index contributed by atoms with van der Waals surface area (Å²) in [4.78, 5) is 36.6. The van der Waals surface area contributed by atoms with Gasteiger partial charge in [0.2, 0.25) is 0 Å². The Balaban J connectivity index is 2.02. The predicted octanol–water partition coefficient (Wildman–Crippen LogP) is 5.62. The number of ether oxygens (including phenoxy) is 3. The molecule has 32 heavy (non-hydrogen) atoms. The summed E-state index contributed by atoms with van der Waals surface area (Å²) in [5.74, 6) is 0.183. The summed E-state index contributed by atoms with van der Waals surface area (Å²) in [6.45, 7) is 3.89. The quantitative estimate of drug-likeness (QED) is 0.435. The van der Waals surface area contributed by atoms with Crippen LogP contribution in [0.5, 0.6) is 5.75 Å². The largest absolute Gasteiger partial charge is 0.493 e. The van der Waals surface area contributed by atoms with E-state index in [1.54, 1.807) is 12.1 Å². The maximum Gasteiger partial charge on any atom is 0.348 e. The minimum atomic E-state index is -0.395. The van der Waals surface area contributed by atoms with Crippen LogP contribution in [0.15, 0.2) is 18.2 Å². The molecule has 1 aromatic heterocycles. The number of aryl methyl sites for hydroxylation is 1. The van der Waals surface area contributed by atoms with Crippen molar-refractivity contribution in [2.24, 2.45) is 5.92 Å². The smallest absolute Gasteiger partial charge is 0.348 e. The molecule has 0 amide bonds. The van der Waals surface area contributed by atoms with Gasteiger partial charge in [-0.15, -0.1) is 11.3 Å². The maximum atomic E-state index is 12.2. The number of Topliss-reactive ketones (excluding diaryl/α,β-unsaturated/α-hetero) is 1. The highest BCUT2D eigenvalue weighted by Crippen LogP contribution is 2.43. The van der Waals surface area contributed by atoms with Crippen molar-refractivity contribution in [3.8, 4) is 16.9 Å². The van der Waals surface area contributed by atoms with E-state index >= 15 is 0 Å². The van der Waals surface area contributed by atoms with Crippen LogP contribution in [0.25, 0.3) is 11.1 Å². The molecule has 0 aliphatic heterocycles. The lowest BCUT2D eigenvalue weighted by molar-refractivity contribution is -0.142. The van der Waals surface area contributed by atoms with Crippen molar-refractivity contribution in [2.45, 2.75) is 52.6 Å². The molecule has 1 aromatic carbocycles. The average Bonchev–Trinajstić information content (AvgIpc) is 3.36. The van der Waals surface area contributed by atoms with Crippen LogP contribution in [0, 0.1) is 5.92 Å². The van der Waals surface area contributed by atoms with Gasteiger partial charge in [-0.25, -0.2) is 4.79 Å². The van der Waals surface area contributed by atoms with E-state index in [1.165, 1.54) is 25.4 Å². The van der Waals surface area contributed by atoms with E-state index in [4.69, 9.17) is 25.8 Å². The Labute approximate surface area is 196 Å². The fourth-order valence-electron chi connectivity index (χ4n) is 3.77. The van der Waals surface area contributed by atoms with Gasteiger partial charge in [-0.1, -0.05) is 24.9 Å². The van der Waals surface area contributed by atoms with Gasteiger partial charge in [0.25, 0.3) is 0 Å². The zero-order chi connectivity index (χ0) is 23.3. The minimum Gasteiger partial charge on any atom is -0.493 e. The third-order valence-electron chi connectivity index (χ3n) is 5.32. The standard InChI is InChI=1S/C24H27ClO6S/c1-4-5-21-18(11-22(32-21)24(28)29-3)23-19(25)9-16(13-30-14(2)26)10-20(23)31-12-15-6-7-17(27)8-15/h9-11,15H,4-8,12-13H2,1-3H3/t15-/m0/s1. The maximum absolute atomic E-state index is 12.2. The number of halogens is 1. The topological polar surface area (TPSA) is 78.9 Å². The van der Waals surface area contributed by atoms with Crippen LogP contribution in [0.4, 0.5) is 0 Å². The fraction of sp³-hybridized carbons (Fsp3) is 0.458. The van der Waals surface area contributed by atoms with Crippen LogP contribution >= 0.6 is 22.9 Å². The van der Waals surface area contributed by atoms with Crippen molar-refractivity contribution < 1.29 is 28.6 Å². The Morgan fingerprint density at radius 3 is 2.66 bits per heavy atom. The van der Waals surface area contributed by atoms with Gasteiger partial charge in [0.15, 0.2) is 0 Å². The molecule has 3 rings (SSSR count). The number of carbonyl (C=O) groups is 3. The molecule has 1 atom stereocenters. The minimum absolute atomic E-state index is 0.0759. The lowest BCUT2D eigenvalue weighted by Gasteiger charge is -2.18. The second-order valence-corrected chi connectivity index (χ2v) is 9.42. The molecule has 0 saturated heterocycles. The van der Waals surface area contributed by atoms with Crippen molar-refractivity contribution >= 4 is 40.7 Å². The van der Waals surface area contributed by atoms with Crippen LogP contribution in [-0.4, -0.2) is 31.4 Å². The van der Waals surface area contributed by atoms with Crippen LogP contribution in [0.2, 0.25) is 5.02 Å². The van der Waals surface area contributed by atoms with Crippen LogP contribution < -0.4 is 4.74 Å². The molecule has 0 bridgehead atoms. The summed E-state index contributed by atoms with van der Waals surface area (Å²) in [6.07, 6.45) is 3.58. The van der Waals surface area contributed by atoms with E-state index in [0.717, 1.165) is 29.7 Å². The zero-order valence-electron chi connectivity index (χ0n) is 18.5. The Hall–Kier alpha value is -2.38. The van der Waals surface area contributed by atoms with Gasteiger partial charge in [-0.2, -0.15) is 0 Å². The van der Waals surface area contributed by atoms with Gasteiger partial charge < -0.3 is 14.2 Å². The van der Waals surface area contributed by atoms with Crippen molar-refractivity contribution in [1.82, 2.24) is 0 Å². The number of thiophene rings is 1. The van der Waals surface area contributed by atoms with E-state index < -0.39 is 5.97 Å². The van der Waals surface area contributed by atoms with Crippen molar-refractivity contribution in [3.05, 3.63) is 38.5 Å². The number of hydrogen-bond acceptors (Lipinski definition) is 7. The second kappa shape index (κ2) is 11.0. The molecule has 1 fully saturated rings. The first-order valence-electron chi connectivity index (χ1n) is 10.6. The summed E-state index contributed by atoms with van der Waals surface area (Å²) in [7, 11) is 1.36. The third kappa shape index (κ3) is 5.90. The molecule has 8 heteroatoms. The SMILES string of the molecule is CCCc1sc(C(=O)OC)cc1-c1c(Cl)cc(COC(C)=O)cc1OC[C@H]1CCC(=O)C1. The van der Waals surface area contributed by atoms with Crippen LogP contribution in [-0.2, 0) is 32.1 Å². The normalized spacial score (nSPS) is 15.6. The van der Waals surface area contributed by atoms with Gasteiger partial charge >= 0.3 is 11.9 Å². The van der Waals surface area contributed by atoms with E-state index in [-0.39, 0.29) is 24.3 Å². The monoisotopic (exact) mass is 478 g/mol. The highest BCUT2D eigenvalue weighted by molar-refractivity contribution is 7.14. The number of methoxy groups -OCH3 is 1. The van der Waals surface area contributed by atoms with E-state index in [0.29, 0.717) is 46.2 Å². The Morgan fingerprint density at radius 2 is 2.03 bits per heavy atom. The average molecular weight is 479 g/mol. The third-order valence-corrected chi connectivity index (χ3v) is 6.79. The van der Waals surface area contributed by atoms with E-state index in [2.05, 4.69) is 6.92 Å². The number of ketones is 1. The van der Waals surface area contributed by atoms with Crippen molar-refractivity contribution in [1.29, 1.82) is 0 Å². The van der Waals surface area contributed by atoms with Gasteiger partial charge in [-0.3, -0.25) is 9.59 Å². The number of rotatable bonds is 9. The molecular formula is C24H27ClO6S. The molecule has 6 nitrogen and oxygen atoms in total. The molecule has 1 aliphatic carbocycles. The van der Waals surface area contributed by atoms with Gasteiger partial charge in [0.1, 0.15) is 23.0 Å². The van der Waals surface area contributed by atoms with Crippen molar-refractivity contribution in [2.75, 3.05) is 13.7 Å². The molecule has 2 aromatic rings. The molecular weight excluding hydrogens is 452 g/mol. The summed E-state index contributed by atoms with van der Waals surface area (Å²) < 4.78 is 16.2. The molecule has 0 spiro atoms. The first kappa shape index (κ1) is 24.3. The fourth-order valence-corrected chi connectivity index (χ4v) is 5.29. The second-order valence-electron chi connectivity index (χ2n) is 7.88. The molecule has 1 saturated carbocycles. The summed E-state index contributed by atoms with van der Waals surface area (Å²) >= 11 is 8.10. The number of hydrogen-bond donors (Lipinski definition) is 0. The molecule has 172 valence electrons. The highest BCUT2D eigenvalue weighted by atomic mass is 35.5. The van der Waals surface area contributed by atoms with Crippen LogP contribution in [0.1, 0.15) is 59.6 Å².